The van der Waals surface area contributed by atoms with Crippen molar-refractivity contribution in [3.63, 3.8) is 0 Å². The third-order valence-electron chi connectivity index (χ3n) is 4.02. The van der Waals surface area contributed by atoms with Gasteiger partial charge in [0.05, 0.1) is 0 Å². The highest BCUT2D eigenvalue weighted by molar-refractivity contribution is 9.10. The minimum atomic E-state index is -0.278. The van der Waals surface area contributed by atoms with Gasteiger partial charge in [-0.05, 0) is 36.6 Å². The molecule has 0 radical (unpaired) electrons. The van der Waals surface area contributed by atoms with Gasteiger partial charge in [-0.25, -0.2) is 4.39 Å². The van der Waals surface area contributed by atoms with Crippen molar-refractivity contribution >= 4 is 15.9 Å². The molecule has 0 bridgehead atoms. The van der Waals surface area contributed by atoms with Gasteiger partial charge in [-0.1, -0.05) is 29.8 Å². The first kappa shape index (κ1) is 14.9. The Balaban J connectivity index is 1.99. The number of aliphatic hydroxyl groups is 1. The highest BCUT2D eigenvalue weighted by atomic mass is 79.9. The Morgan fingerprint density at radius 1 is 1.42 bits per heavy atom. The quantitative estimate of drug-likeness (QED) is 0.839. The number of hydrogen-bond acceptors (Lipinski definition) is 2. The van der Waals surface area contributed by atoms with Gasteiger partial charge in [0.1, 0.15) is 5.82 Å². The summed E-state index contributed by atoms with van der Waals surface area (Å²) in [4.78, 5) is 0. The van der Waals surface area contributed by atoms with Gasteiger partial charge in [-0.2, -0.15) is 0 Å². The maximum atomic E-state index is 13.9. The van der Waals surface area contributed by atoms with E-state index in [2.05, 4.69) is 21.2 Å². The van der Waals surface area contributed by atoms with Crippen molar-refractivity contribution in [2.45, 2.75) is 32.1 Å². The van der Waals surface area contributed by atoms with Gasteiger partial charge < -0.3 is 10.4 Å². The zero-order chi connectivity index (χ0) is 14.1. The molecule has 1 aromatic rings. The van der Waals surface area contributed by atoms with Gasteiger partial charge in [0.15, 0.2) is 0 Å². The van der Waals surface area contributed by atoms with Crippen LogP contribution >= 0.6 is 15.9 Å². The van der Waals surface area contributed by atoms with Crippen molar-refractivity contribution in [1.29, 1.82) is 0 Å². The van der Waals surface area contributed by atoms with Crippen LogP contribution in [0.2, 0.25) is 0 Å². The standard InChI is InChI=1S/C15H21BrFNO/c1-14(2,8-18-9-15(10-19)5-6-15)12-7-11(16)3-4-13(12)17/h3-4,7,18-19H,5-6,8-10H2,1-2H3. The van der Waals surface area contributed by atoms with Crippen LogP contribution < -0.4 is 5.32 Å². The summed E-state index contributed by atoms with van der Waals surface area (Å²) in [5, 5.41) is 12.7. The van der Waals surface area contributed by atoms with E-state index >= 15 is 0 Å². The predicted molar refractivity (Wildman–Crippen MR) is 78.7 cm³/mol. The van der Waals surface area contributed by atoms with Gasteiger partial charge in [-0.15, -0.1) is 0 Å². The number of halogens is 2. The molecule has 2 nitrogen and oxygen atoms in total. The Hall–Kier alpha value is -0.450. The van der Waals surface area contributed by atoms with Gasteiger partial charge in [-0.3, -0.25) is 0 Å². The summed E-state index contributed by atoms with van der Waals surface area (Å²) >= 11 is 3.39. The fourth-order valence-electron chi connectivity index (χ4n) is 2.32. The minimum Gasteiger partial charge on any atom is -0.396 e. The monoisotopic (exact) mass is 329 g/mol. The van der Waals surface area contributed by atoms with Gasteiger partial charge in [0, 0.05) is 35.0 Å². The molecule has 106 valence electrons. The van der Waals surface area contributed by atoms with E-state index in [9.17, 15) is 9.50 Å². The summed E-state index contributed by atoms with van der Waals surface area (Å²) in [6, 6.07) is 5.06. The molecule has 0 saturated heterocycles. The van der Waals surface area contributed by atoms with Crippen molar-refractivity contribution in [3.05, 3.63) is 34.1 Å². The van der Waals surface area contributed by atoms with Gasteiger partial charge in [0.2, 0.25) is 0 Å². The zero-order valence-electron chi connectivity index (χ0n) is 11.5. The Labute approximate surface area is 122 Å². The largest absolute Gasteiger partial charge is 0.396 e. The lowest BCUT2D eigenvalue weighted by molar-refractivity contribution is 0.205. The number of nitrogens with one attached hydrogen (secondary N) is 1. The van der Waals surface area contributed by atoms with Gasteiger partial charge in [0.25, 0.3) is 0 Å². The molecule has 1 saturated carbocycles. The molecule has 0 aromatic heterocycles. The van der Waals surface area contributed by atoms with Crippen molar-refractivity contribution in [2.24, 2.45) is 5.41 Å². The molecule has 0 spiro atoms. The van der Waals surface area contributed by atoms with Crippen LogP contribution in [0.1, 0.15) is 32.3 Å². The molecule has 0 amide bonds. The van der Waals surface area contributed by atoms with E-state index in [-0.39, 0.29) is 23.3 Å². The number of benzene rings is 1. The third-order valence-corrected chi connectivity index (χ3v) is 4.51. The first-order chi connectivity index (χ1) is 8.88. The Kier molecular flexibility index (Phi) is 4.33. The summed E-state index contributed by atoms with van der Waals surface area (Å²) < 4.78 is 14.8. The second-order valence-corrected chi connectivity index (χ2v) is 7.19. The van der Waals surface area contributed by atoms with E-state index < -0.39 is 0 Å². The molecular weight excluding hydrogens is 309 g/mol. The molecule has 2 N–H and O–H groups in total. The molecule has 4 heteroatoms. The second kappa shape index (κ2) is 5.51. The molecule has 0 heterocycles. The molecule has 1 aliphatic carbocycles. The first-order valence-electron chi connectivity index (χ1n) is 6.66. The smallest absolute Gasteiger partial charge is 0.127 e. The number of aliphatic hydroxyl groups excluding tert-OH is 1. The fraction of sp³-hybridized carbons (Fsp3) is 0.600. The molecule has 1 fully saturated rings. The van der Waals surface area contributed by atoms with Crippen molar-refractivity contribution in [1.82, 2.24) is 5.32 Å². The van der Waals surface area contributed by atoms with Crippen LogP contribution in [0.4, 0.5) is 4.39 Å². The lowest BCUT2D eigenvalue weighted by Gasteiger charge is -2.27. The van der Waals surface area contributed by atoms with E-state index in [4.69, 9.17) is 0 Å². The fourth-order valence-corrected chi connectivity index (χ4v) is 2.68. The average molecular weight is 330 g/mol. The topological polar surface area (TPSA) is 32.3 Å². The Morgan fingerprint density at radius 3 is 2.68 bits per heavy atom. The summed E-state index contributed by atoms with van der Waals surface area (Å²) in [7, 11) is 0. The van der Waals surface area contributed by atoms with Crippen LogP contribution in [0.3, 0.4) is 0 Å². The van der Waals surface area contributed by atoms with Crippen LogP contribution in [0.5, 0.6) is 0 Å². The zero-order valence-corrected chi connectivity index (χ0v) is 13.1. The lowest BCUT2D eigenvalue weighted by Crippen LogP contribution is -2.37. The summed E-state index contributed by atoms with van der Waals surface area (Å²) in [6.45, 7) is 5.81. The molecule has 0 atom stereocenters. The van der Waals surface area contributed by atoms with E-state index in [1.165, 1.54) is 6.07 Å². The van der Waals surface area contributed by atoms with E-state index in [1.807, 2.05) is 19.9 Å². The average Bonchev–Trinajstić information content (AvgIpc) is 3.12. The first-order valence-corrected chi connectivity index (χ1v) is 7.45. The Morgan fingerprint density at radius 2 is 2.11 bits per heavy atom. The van der Waals surface area contributed by atoms with E-state index in [0.29, 0.717) is 12.1 Å². The summed E-state index contributed by atoms with van der Waals surface area (Å²) in [6.07, 6.45) is 2.17. The third kappa shape index (κ3) is 3.56. The molecule has 0 unspecified atom stereocenters. The number of rotatable bonds is 6. The lowest BCUT2D eigenvalue weighted by atomic mass is 9.84. The molecule has 19 heavy (non-hydrogen) atoms. The number of hydrogen-bond donors (Lipinski definition) is 2. The molecule has 1 aromatic carbocycles. The molecule has 2 rings (SSSR count). The normalized spacial score (nSPS) is 17.5. The highest BCUT2D eigenvalue weighted by Gasteiger charge is 2.41. The molecule has 0 aliphatic heterocycles. The molecular formula is C15H21BrFNO. The minimum absolute atomic E-state index is 0.0892. The second-order valence-electron chi connectivity index (χ2n) is 6.27. The molecule has 1 aliphatic rings. The van der Waals surface area contributed by atoms with Crippen LogP contribution in [0.15, 0.2) is 22.7 Å². The van der Waals surface area contributed by atoms with Crippen molar-refractivity contribution in [3.8, 4) is 0 Å². The predicted octanol–water partition coefficient (Wildman–Crippen LogP) is 3.23. The Bertz CT molecular complexity index is 457. The van der Waals surface area contributed by atoms with Crippen molar-refractivity contribution in [2.75, 3.05) is 19.7 Å². The summed E-state index contributed by atoms with van der Waals surface area (Å²) in [5.41, 5.74) is 0.522. The van der Waals surface area contributed by atoms with Crippen LogP contribution in [0.25, 0.3) is 0 Å². The van der Waals surface area contributed by atoms with Crippen molar-refractivity contribution < 1.29 is 9.50 Å². The SMILES string of the molecule is CC(C)(CNCC1(CO)CC1)c1cc(Br)ccc1F. The maximum Gasteiger partial charge on any atom is 0.127 e. The maximum absolute atomic E-state index is 13.9. The summed E-state index contributed by atoms with van der Waals surface area (Å²) in [5.74, 6) is -0.168. The van der Waals surface area contributed by atoms with Crippen LogP contribution in [-0.2, 0) is 5.41 Å². The van der Waals surface area contributed by atoms with Gasteiger partial charge >= 0.3 is 0 Å². The van der Waals surface area contributed by atoms with E-state index in [1.54, 1.807) is 6.07 Å². The van der Waals surface area contributed by atoms with E-state index in [0.717, 1.165) is 23.9 Å². The van der Waals surface area contributed by atoms with Crippen LogP contribution in [-0.4, -0.2) is 24.8 Å². The van der Waals surface area contributed by atoms with Crippen LogP contribution in [0, 0.1) is 11.2 Å². The highest BCUT2D eigenvalue weighted by Crippen LogP contribution is 2.44.